The lowest BCUT2D eigenvalue weighted by molar-refractivity contribution is 0.260. The molecule has 60 valence electrons. The Labute approximate surface area is 78.7 Å². The van der Waals surface area contributed by atoms with E-state index in [0.717, 1.165) is 13.0 Å². The lowest BCUT2D eigenvalue weighted by Gasteiger charge is -2.08. The predicted molar refractivity (Wildman–Crippen MR) is 48.1 cm³/mol. The molecule has 1 atom stereocenters. The van der Waals surface area contributed by atoms with Gasteiger partial charge in [0.25, 0.3) is 3.91 Å². The predicted octanol–water partition coefficient (Wildman–Crippen LogP) is 0.686. The summed E-state index contributed by atoms with van der Waals surface area (Å²) in [7, 11) is 0. The molecule has 1 aliphatic rings. The van der Waals surface area contributed by atoms with Crippen molar-refractivity contribution in [1.82, 2.24) is 10.2 Å². The number of nitriles is 1. The molecule has 0 aliphatic carbocycles. The topological polar surface area (TPSA) is 56.1 Å². The van der Waals surface area contributed by atoms with Gasteiger partial charge in [0.1, 0.15) is 0 Å². The minimum Gasteiger partial charge on any atom is -0.343 e. The molecule has 11 heavy (non-hydrogen) atoms. The molecule has 0 aromatic carbocycles. The molecule has 0 spiro atoms. The van der Waals surface area contributed by atoms with Crippen LogP contribution in [0.2, 0.25) is 0 Å². The van der Waals surface area contributed by atoms with Gasteiger partial charge in [-0.15, -0.1) is 0 Å². The summed E-state index contributed by atoms with van der Waals surface area (Å²) >= 11 is 1.70. The van der Waals surface area contributed by atoms with Gasteiger partial charge in [-0.3, -0.25) is 4.79 Å². The van der Waals surface area contributed by atoms with Gasteiger partial charge in [-0.05, 0) is 6.42 Å². The first kappa shape index (κ1) is 8.59. The van der Waals surface area contributed by atoms with Crippen molar-refractivity contribution in [3.05, 3.63) is 0 Å². The Morgan fingerprint density at radius 1 is 1.82 bits per heavy atom. The van der Waals surface area contributed by atoms with E-state index in [0.29, 0.717) is 6.54 Å². The zero-order valence-electron chi connectivity index (χ0n) is 5.88. The van der Waals surface area contributed by atoms with Gasteiger partial charge < -0.3 is 10.2 Å². The zero-order valence-corrected chi connectivity index (χ0v) is 8.04. The lowest BCUT2D eigenvalue weighted by Crippen LogP contribution is -2.32. The summed E-state index contributed by atoms with van der Waals surface area (Å²) in [6.45, 7) is 1.42. The van der Waals surface area contributed by atoms with Crippen molar-refractivity contribution in [2.24, 2.45) is 0 Å². The first-order valence-corrected chi connectivity index (χ1v) is 4.41. The number of carbonyl (C=O) groups is 1. The molecule has 0 aromatic heterocycles. The molecule has 1 fully saturated rings. The molecule has 1 aliphatic heterocycles. The van der Waals surface area contributed by atoms with Crippen LogP contribution in [-0.2, 0) is 0 Å². The van der Waals surface area contributed by atoms with Crippen molar-refractivity contribution < 1.29 is 4.79 Å². The van der Waals surface area contributed by atoms with Crippen LogP contribution in [0.1, 0.15) is 6.42 Å². The van der Waals surface area contributed by atoms with Gasteiger partial charge in [-0.2, -0.15) is 5.26 Å². The molecule has 0 saturated carbocycles. The van der Waals surface area contributed by atoms with E-state index in [4.69, 9.17) is 5.26 Å². The molecule has 1 heterocycles. The molecule has 5 heteroatoms. The number of carbonyl (C=O) groups excluding carboxylic acids is 1. The van der Waals surface area contributed by atoms with E-state index in [-0.39, 0.29) is 9.96 Å². The molecule has 4 nitrogen and oxygen atoms in total. The number of nitrogens with zero attached hydrogens (tertiary/aromatic N) is 2. The molecule has 1 N–H and O–H groups in total. The zero-order chi connectivity index (χ0) is 8.27. The lowest BCUT2D eigenvalue weighted by atomic mass is 10.3. The number of hydrogen-bond acceptors (Lipinski definition) is 3. The quantitative estimate of drug-likeness (QED) is 0.328. The molecule has 1 rings (SSSR count). The van der Waals surface area contributed by atoms with Crippen LogP contribution in [0.3, 0.4) is 0 Å². The van der Waals surface area contributed by atoms with Crippen LogP contribution < -0.4 is 5.32 Å². The van der Waals surface area contributed by atoms with E-state index in [1.54, 1.807) is 27.5 Å². The molecule has 1 amide bonds. The van der Waals surface area contributed by atoms with Crippen LogP contribution in [0, 0.1) is 11.5 Å². The minimum atomic E-state index is -0.0487. The van der Waals surface area contributed by atoms with Gasteiger partial charge in [-0.1, -0.05) is 0 Å². The van der Waals surface area contributed by atoms with Crippen LogP contribution >= 0.6 is 22.6 Å². The monoisotopic (exact) mass is 265 g/mol. The normalized spacial score (nSPS) is 22.9. The number of rotatable bonds is 1. The highest BCUT2D eigenvalue weighted by Crippen LogP contribution is 2.07. The van der Waals surface area contributed by atoms with E-state index in [9.17, 15) is 4.79 Å². The van der Waals surface area contributed by atoms with Crippen molar-refractivity contribution in [1.29, 1.82) is 5.26 Å². The smallest absolute Gasteiger partial charge is 0.280 e. The Bertz CT molecular complexity index is 200. The average molecular weight is 265 g/mol. The minimum absolute atomic E-state index is 0.0487. The summed E-state index contributed by atoms with van der Waals surface area (Å²) < 4.78 is -0.0487. The molecule has 0 aromatic rings. The van der Waals surface area contributed by atoms with Gasteiger partial charge in [0.15, 0.2) is 6.19 Å². The van der Waals surface area contributed by atoms with Gasteiger partial charge in [-0.25, -0.2) is 0 Å². The SMILES string of the molecule is N#CN1CC[C@@H](NC(=O)I)C1. The largest absolute Gasteiger partial charge is 0.343 e. The van der Waals surface area contributed by atoms with Crippen LogP contribution in [0.4, 0.5) is 4.79 Å². The van der Waals surface area contributed by atoms with E-state index < -0.39 is 0 Å². The fraction of sp³-hybridized carbons (Fsp3) is 0.667. The summed E-state index contributed by atoms with van der Waals surface area (Å²) in [6.07, 6.45) is 2.92. The van der Waals surface area contributed by atoms with E-state index in [1.165, 1.54) is 0 Å². The van der Waals surface area contributed by atoms with Gasteiger partial charge >= 0.3 is 0 Å². The number of hydrogen-bond donors (Lipinski definition) is 1. The van der Waals surface area contributed by atoms with Gasteiger partial charge in [0, 0.05) is 41.7 Å². The van der Waals surface area contributed by atoms with Crippen LogP contribution in [0.15, 0.2) is 0 Å². The summed E-state index contributed by atoms with van der Waals surface area (Å²) in [5.41, 5.74) is 0. The van der Waals surface area contributed by atoms with Crippen molar-refractivity contribution in [2.45, 2.75) is 12.5 Å². The standard InChI is InChI=1S/C6H8IN3O/c7-6(11)9-5-1-2-10(3-5)4-8/h5H,1-3H2,(H,9,11)/t5-/m1/s1. The Balaban J connectivity index is 2.31. The van der Waals surface area contributed by atoms with E-state index >= 15 is 0 Å². The van der Waals surface area contributed by atoms with Crippen LogP contribution in [-0.4, -0.2) is 27.9 Å². The number of likely N-dealkylation sites (tertiary alicyclic amines) is 1. The molecular formula is C6H8IN3O. The third-order valence-corrected chi connectivity index (χ3v) is 1.96. The number of amides is 1. The van der Waals surface area contributed by atoms with Crippen molar-refractivity contribution in [3.63, 3.8) is 0 Å². The highest BCUT2D eigenvalue weighted by atomic mass is 127. The fourth-order valence-electron chi connectivity index (χ4n) is 1.13. The molecular weight excluding hydrogens is 257 g/mol. The Morgan fingerprint density at radius 2 is 2.55 bits per heavy atom. The Morgan fingerprint density at radius 3 is 3.00 bits per heavy atom. The molecule has 0 unspecified atom stereocenters. The third-order valence-electron chi connectivity index (χ3n) is 1.65. The first-order chi connectivity index (χ1) is 5.22. The second kappa shape index (κ2) is 3.76. The number of nitrogens with one attached hydrogen (secondary N) is 1. The third kappa shape index (κ3) is 2.54. The van der Waals surface area contributed by atoms with Crippen LogP contribution in [0.5, 0.6) is 0 Å². The summed E-state index contributed by atoms with van der Waals surface area (Å²) in [4.78, 5) is 12.2. The highest BCUT2D eigenvalue weighted by molar-refractivity contribution is 14.1. The molecule has 0 radical (unpaired) electrons. The molecule has 1 saturated heterocycles. The second-order valence-corrected chi connectivity index (χ2v) is 3.43. The maximum absolute atomic E-state index is 10.6. The summed E-state index contributed by atoms with van der Waals surface area (Å²) in [5.74, 6) is 0. The van der Waals surface area contributed by atoms with E-state index in [2.05, 4.69) is 5.32 Å². The maximum Gasteiger partial charge on any atom is 0.280 e. The van der Waals surface area contributed by atoms with Crippen LogP contribution in [0.25, 0.3) is 0 Å². The maximum atomic E-state index is 10.6. The Kier molecular flexibility index (Phi) is 2.93. The second-order valence-electron chi connectivity index (χ2n) is 2.45. The summed E-state index contributed by atoms with van der Waals surface area (Å²) in [6, 6.07) is 0.166. The van der Waals surface area contributed by atoms with Gasteiger partial charge in [0.2, 0.25) is 0 Å². The first-order valence-electron chi connectivity index (χ1n) is 3.33. The highest BCUT2D eigenvalue weighted by Gasteiger charge is 2.21. The average Bonchev–Trinajstić information content (AvgIpc) is 2.34. The van der Waals surface area contributed by atoms with Gasteiger partial charge in [0.05, 0.1) is 0 Å². The van der Waals surface area contributed by atoms with E-state index in [1.807, 2.05) is 6.19 Å². The Hall–Kier alpha value is -0.510. The number of halogens is 1. The summed E-state index contributed by atoms with van der Waals surface area (Å²) in [5, 5.41) is 11.2. The van der Waals surface area contributed by atoms with Crippen molar-refractivity contribution >= 4 is 26.5 Å². The molecule has 0 bridgehead atoms. The van der Waals surface area contributed by atoms with Crippen molar-refractivity contribution in [3.8, 4) is 6.19 Å². The van der Waals surface area contributed by atoms with Crippen molar-refractivity contribution in [2.75, 3.05) is 13.1 Å². The fourth-order valence-corrected chi connectivity index (χ4v) is 1.57.